The van der Waals surface area contributed by atoms with Gasteiger partial charge in [0.2, 0.25) is 11.8 Å². The minimum absolute atomic E-state index is 0. The summed E-state index contributed by atoms with van der Waals surface area (Å²) in [4.78, 5) is 24.1. The molecule has 27 heavy (non-hydrogen) atoms. The molecule has 1 saturated heterocycles. The second-order valence-electron chi connectivity index (χ2n) is 7.21. The molecule has 2 amide bonds. The number of nitrogens with one attached hydrogen (secondary N) is 3. The fourth-order valence-electron chi connectivity index (χ4n) is 3.72. The molecule has 1 atom stereocenters. The number of anilines is 1. The summed E-state index contributed by atoms with van der Waals surface area (Å²) >= 11 is 0. The van der Waals surface area contributed by atoms with Gasteiger partial charge in [0.05, 0.1) is 5.52 Å². The third-order valence-corrected chi connectivity index (χ3v) is 5.35. The molecule has 2 aromatic rings. The van der Waals surface area contributed by atoms with E-state index in [1.807, 2.05) is 35.0 Å². The number of carbonyl (C=O) groups excluding carboxylic acids is 2. The highest BCUT2D eigenvalue weighted by atomic mass is 35.5. The van der Waals surface area contributed by atoms with Crippen LogP contribution in [0.25, 0.3) is 10.9 Å². The molecular formula is C20H29ClN4O2. The van der Waals surface area contributed by atoms with E-state index < -0.39 is 0 Å². The van der Waals surface area contributed by atoms with E-state index >= 15 is 0 Å². The maximum absolute atomic E-state index is 12.5. The molecule has 3 rings (SSSR count). The van der Waals surface area contributed by atoms with Crippen molar-refractivity contribution < 1.29 is 9.59 Å². The van der Waals surface area contributed by atoms with Crippen molar-refractivity contribution in [1.29, 1.82) is 0 Å². The third-order valence-electron chi connectivity index (χ3n) is 5.35. The molecule has 0 radical (unpaired) electrons. The van der Waals surface area contributed by atoms with E-state index in [-0.39, 0.29) is 30.8 Å². The quantitative estimate of drug-likeness (QED) is 0.707. The van der Waals surface area contributed by atoms with Crippen LogP contribution >= 0.6 is 12.4 Å². The Balaban J connectivity index is 0.00000261. The van der Waals surface area contributed by atoms with Crippen LogP contribution in [0.15, 0.2) is 30.5 Å². The zero-order valence-electron chi connectivity index (χ0n) is 16.0. The Morgan fingerprint density at radius 2 is 1.96 bits per heavy atom. The van der Waals surface area contributed by atoms with E-state index in [0.717, 1.165) is 42.5 Å². The number of hydrogen-bond donors (Lipinski definition) is 3. The highest BCUT2D eigenvalue weighted by Gasteiger charge is 2.22. The second-order valence-corrected chi connectivity index (χ2v) is 7.21. The fraction of sp³-hybridized carbons (Fsp3) is 0.500. The number of fused-ring (bicyclic) bond motifs is 1. The van der Waals surface area contributed by atoms with Crippen LogP contribution in [0.4, 0.5) is 5.69 Å². The van der Waals surface area contributed by atoms with Crippen molar-refractivity contribution in [2.24, 2.45) is 11.8 Å². The Kier molecular flexibility index (Phi) is 7.68. The molecule has 1 aromatic carbocycles. The van der Waals surface area contributed by atoms with Crippen LogP contribution in [0.1, 0.15) is 26.2 Å². The van der Waals surface area contributed by atoms with Crippen LogP contribution in [0.3, 0.4) is 0 Å². The average Bonchev–Trinajstić information content (AvgIpc) is 3.04. The van der Waals surface area contributed by atoms with Crippen molar-refractivity contribution in [2.45, 2.75) is 32.7 Å². The summed E-state index contributed by atoms with van der Waals surface area (Å²) in [7, 11) is 1.63. The molecule has 1 aliphatic rings. The van der Waals surface area contributed by atoms with Crippen molar-refractivity contribution in [1.82, 2.24) is 15.2 Å². The van der Waals surface area contributed by atoms with Crippen molar-refractivity contribution in [3.8, 4) is 0 Å². The van der Waals surface area contributed by atoms with E-state index in [1.54, 1.807) is 7.05 Å². The van der Waals surface area contributed by atoms with E-state index in [9.17, 15) is 9.59 Å². The Hall–Kier alpha value is -2.05. The summed E-state index contributed by atoms with van der Waals surface area (Å²) in [5, 5.41) is 10.1. The van der Waals surface area contributed by atoms with Crippen molar-refractivity contribution >= 4 is 40.8 Å². The van der Waals surface area contributed by atoms with E-state index in [1.165, 1.54) is 0 Å². The number of halogens is 1. The molecule has 0 saturated carbocycles. The highest BCUT2D eigenvalue weighted by Crippen LogP contribution is 2.25. The normalized spacial score (nSPS) is 15.8. The number of hydrogen-bond acceptors (Lipinski definition) is 3. The Morgan fingerprint density at radius 3 is 2.67 bits per heavy atom. The smallest absolute Gasteiger partial charge is 0.239 e. The Bertz CT molecular complexity index is 783. The maximum atomic E-state index is 12.5. The number of aromatic nitrogens is 1. The largest absolute Gasteiger partial charge is 0.358 e. The molecular weight excluding hydrogens is 364 g/mol. The first-order valence-electron chi connectivity index (χ1n) is 9.37. The zero-order valence-corrected chi connectivity index (χ0v) is 16.8. The lowest BCUT2D eigenvalue weighted by Gasteiger charge is -2.27. The van der Waals surface area contributed by atoms with Crippen LogP contribution in [0.2, 0.25) is 0 Å². The summed E-state index contributed by atoms with van der Waals surface area (Å²) in [5.74, 6) is 1.01. The van der Waals surface area contributed by atoms with Crippen LogP contribution in [-0.2, 0) is 16.1 Å². The molecule has 0 aliphatic carbocycles. The molecule has 7 heteroatoms. The molecule has 148 valence electrons. The predicted molar refractivity (Wildman–Crippen MR) is 111 cm³/mol. The lowest BCUT2D eigenvalue weighted by atomic mass is 9.84. The van der Waals surface area contributed by atoms with Gasteiger partial charge in [-0.1, -0.05) is 13.0 Å². The number of amides is 2. The maximum Gasteiger partial charge on any atom is 0.239 e. The lowest BCUT2D eigenvalue weighted by molar-refractivity contribution is -0.121. The summed E-state index contributed by atoms with van der Waals surface area (Å²) in [6.45, 7) is 4.54. The molecule has 6 nitrogen and oxygen atoms in total. The first-order chi connectivity index (χ1) is 12.6. The minimum Gasteiger partial charge on any atom is -0.358 e. The highest BCUT2D eigenvalue weighted by molar-refractivity contribution is 5.94. The van der Waals surface area contributed by atoms with Crippen molar-refractivity contribution in [3.63, 3.8) is 0 Å². The van der Waals surface area contributed by atoms with Gasteiger partial charge in [-0.25, -0.2) is 0 Å². The fourth-order valence-corrected chi connectivity index (χ4v) is 3.72. The molecule has 1 aromatic heterocycles. The van der Waals surface area contributed by atoms with Crippen molar-refractivity contribution in [3.05, 3.63) is 30.5 Å². The number of likely N-dealkylation sites (N-methyl/N-ethyl adjacent to an activating group) is 1. The number of nitrogens with zero attached hydrogens (tertiary/aromatic N) is 1. The number of benzene rings is 1. The van der Waals surface area contributed by atoms with Gasteiger partial charge in [-0.2, -0.15) is 0 Å². The molecule has 1 aliphatic heterocycles. The monoisotopic (exact) mass is 392 g/mol. The van der Waals surface area contributed by atoms with Crippen LogP contribution < -0.4 is 16.0 Å². The number of piperidine rings is 1. The van der Waals surface area contributed by atoms with Gasteiger partial charge in [0.15, 0.2) is 0 Å². The van der Waals surface area contributed by atoms with Gasteiger partial charge in [0.25, 0.3) is 0 Å². The van der Waals surface area contributed by atoms with E-state index in [0.29, 0.717) is 18.3 Å². The van der Waals surface area contributed by atoms with Crippen molar-refractivity contribution in [2.75, 3.05) is 25.5 Å². The molecule has 1 fully saturated rings. The number of rotatable bonds is 6. The Labute approximate surface area is 166 Å². The third kappa shape index (κ3) is 5.47. The SMILES string of the molecule is CNC(=O)Cn1ccc2ccc(NC(=O)CC(C)C3CCNCC3)cc21.Cl. The van der Waals surface area contributed by atoms with Gasteiger partial charge in [-0.3, -0.25) is 9.59 Å². The summed E-state index contributed by atoms with van der Waals surface area (Å²) < 4.78 is 1.89. The van der Waals surface area contributed by atoms with Crippen LogP contribution in [0, 0.1) is 11.8 Å². The van der Waals surface area contributed by atoms with E-state index in [4.69, 9.17) is 0 Å². The van der Waals surface area contributed by atoms with Gasteiger partial charge in [-0.05, 0) is 61.4 Å². The van der Waals surface area contributed by atoms with Gasteiger partial charge >= 0.3 is 0 Å². The molecule has 1 unspecified atom stereocenters. The molecule has 0 spiro atoms. The van der Waals surface area contributed by atoms with Crippen LogP contribution in [0.5, 0.6) is 0 Å². The predicted octanol–water partition coefficient (Wildman–Crippen LogP) is 2.77. The summed E-state index contributed by atoms with van der Waals surface area (Å²) in [5.41, 5.74) is 1.72. The summed E-state index contributed by atoms with van der Waals surface area (Å²) in [6, 6.07) is 7.80. The average molecular weight is 393 g/mol. The van der Waals surface area contributed by atoms with Crippen LogP contribution in [-0.4, -0.2) is 36.5 Å². The van der Waals surface area contributed by atoms with Gasteiger partial charge in [0, 0.05) is 25.4 Å². The zero-order chi connectivity index (χ0) is 18.5. The minimum atomic E-state index is -0.0484. The topological polar surface area (TPSA) is 75.2 Å². The Morgan fingerprint density at radius 1 is 1.22 bits per heavy atom. The first-order valence-corrected chi connectivity index (χ1v) is 9.37. The van der Waals surface area contributed by atoms with Gasteiger partial charge in [0.1, 0.15) is 6.54 Å². The first kappa shape index (κ1) is 21.3. The van der Waals surface area contributed by atoms with Gasteiger partial charge in [-0.15, -0.1) is 12.4 Å². The molecule has 2 heterocycles. The second kappa shape index (κ2) is 9.76. The summed E-state index contributed by atoms with van der Waals surface area (Å²) in [6.07, 6.45) is 4.73. The molecule has 3 N–H and O–H groups in total. The number of carbonyl (C=O) groups is 2. The van der Waals surface area contributed by atoms with E-state index in [2.05, 4.69) is 22.9 Å². The van der Waals surface area contributed by atoms with Gasteiger partial charge < -0.3 is 20.5 Å². The molecule has 0 bridgehead atoms. The lowest BCUT2D eigenvalue weighted by Crippen LogP contribution is -2.32. The standard InChI is InChI=1S/C20H28N4O2.ClH/c1-14(15-5-8-22-9-6-15)11-19(25)23-17-4-3-16-7-10-24(18(16)12-17)13-20(26)21-2;/h3-4,7,10,12,14-15,22H,5-6,8-9,11,13H2,1-2H3,(H,21,26)(H,23,25);1H.